The Labute approximate surface area is 187 Å². The highest BCUT2D eigenvalue weighted by molar-refractivity contribution is 7.89. The summed E-state index contributed by atoms with van der Waals surface area (Å²) < 4.78 is 26.2. The SMILES string of the molecule is CN(C)S(=O)(=O)c1ccccc1NC(=O)c1ccc2c(c1)C(=O)N(C1CCCCC1)C2=O. The Hall–Kier alpha value is -3.04. The first kappa shape index (κ1) is 22.2. The van der Waals surface area contributed by atoms with Gasteiger partial charge in [0.2, 0.25) is 10.0 Å². The highest BCUT2D eigenvalue weighted by Crippen LogP contribution is 2.32. The van der Waals surface area contributed by atoms with E-state index < -0.39 is 15.9 Å². The summed E-state index contributed by atoms with van der Waals surface area (Å²) in [6, 6.07) is 10.4. The molecule has 0 bridgehead atoms. The molecule has 0 atom stereocenters. The third-order valence-electron chi connectivity index (χ3n) is 6.01. The normalized spacial score (nSPS) is 17.0. The maximum Gasteiger partial charge on any atom is 0.261 e. The zero-order valence-electron chi connectivity index (χ0n) is 18.0. The van der Waals surface area contributed by atoms with Crippen molar-refractivity contribution in [1.82, 2.24) is 9.21 Å². The molecule has 1 saturated carbocycles. The molecule has 2 aromatic rings. The largest absolute Gasteiger partial charge is 0.321 e. The summed E-state index contributed by atoms with van der Waals surface area (Å²) >= 11 is 0. The molecule has 9 heteroatoms. The predicted molar refractivity (Wildman–Crippen MR) is 119 cm³/mol. The predicted octanol–water partition coefficient (Wildman–Crippen LogP) is 3.12. The van der Waals surface area contributed by atoms with Gasteiger partial charge in [-0.15, -0.1) is 0 Å². The zero-order chi connectivity index (χ0) is 23.0. The van der Waals surface area contributed by atoms with Crippen LogP contribution < -0.4 is 5.32 Å². The number of para-hydroxylation sites is 1. The van der Waals surface area contributed by atoms with Crippen molar-refractivity contribution in [3.63, 3.8) is 0 Å². The van der Waals surface area contributed by atoms with Crippen molar-refractivity contribution >= 4 is 33.4 Å². The maximum atomic E-state index is 13.0. The van der Waals surface area contributed by atoms with Crippen LogP contribution in [0.25, 0.3) is 0 Å². The van der Waals surface area contributed by atoms with E-state index in [2.05, 4.69) is 5.32 Å². The lowest BCUT2D eigenvalue weighted by atomic mass is 9.94. The molecule has 1 aliphatic carbocycles. The molecule has 1 aliphatic heterocycles. The van der Waals surface area contributed by atoms with Crippen LogP contribution in [0.15, 0.2) is 47.4 Å². The van der Waals surface area contributed by atoms with Crippen molar-refractivity contribution < 1.29 is 22.8 Å². The summed E-state index contributed by atoms with van der Waals surface area (Å²) in [5.41, 5.74) is 0.820. The van der Waals surface area contributed by atoms with E-state index in [1.54, 1.807) is 12.1 Å². The molecule has 0 saturated heterocycles. The lowest BCUT2D eigenvalue weighted by Gasteiger charge is -2.29. The average Bonchev–Trinajstić information content (AvgIpc) is 3.04. The van der Waals surface area contributed by atoms with Gasteiger partial charge in [-0.25, -0.2) is 12.7 Å². The summed E-state index contributed by atoms with van der Waals surface area (Å²) in [5, 5.41) is 2.63. The summed E-state index contributed by atoms with van der Waals surface area (Å²) in [5.74, 6) is -1.25. The topological polar surface area (TPSA) is 104 Å². The van der Waals surface area contributed by atoms with Gasteiger partial charge in [0.1, 0.15) is 4.90 Å². The van der Waals surface area contributed by atoms with Crippen LogP contribution in [0.3, 0.4) is 0 Å². The molecule has 0 unspecified atom stereocenters. The number of nitrogens with zero attached hydrogens (tertiary/aromatic N) is 2. The molecule has 32 heavy (non-hydrogen) atoms. The Morgan fingerprint density at radius 1 is 0.969 bits per heavy atom. The van der Waals surface area contributed by atoms with Gasteiger partial charge in [-0.1, -0.05) is 31.4 Å². The third-order valence-corrected chi connectivity index (χ3v) is 7.89. The lowest BCUT2D eigenvalue weighted by molar-refractivity contribution is 0.0548. The number of carbonyl (C=O) groups excluding carboxylic acids is 3. The number of hydrogen-bond donors (Lipinski definition) is 1. The minimum atomic E-state index is -3.77. The van der Waals surface area contributed by atoms with Crippen LogP contribution in [0.2, 0.25) is 0 Å². The van der Waals surface area contributed by atoms with Gasteiger partial charge >= 0.3 is 0 Å². The summed E-state index contributed by atoms with van der Waals surface area (Å²) in [7, 11) is -0.944. The van der Waals surface area contributed by atoms with E-state index in [9.17, 15) is 22.8 Å². The van der Waals surface area contributed by atoms with E-state index in [1.807, 2.05) is 0 Å². The Morgan fingerprint density at radius 2 is 1.62 bits per heavy atom. The van der Waals surface area contributed by atoms with Crippen molar-refractivity contribution in [2.45, 2.75) is 43.0 Å². The zero-order valence-corrected chi connectivity index (χ0v) is 18.8. The van der Waals surface area contributed by atoms with E-state index >= 15 is 0 Å². The summed E-state index contributed by atoms with van der Waals surface area (Å²) in [6.07, 6.45) is 4.68. The molecule has 1 N–H and O–H groups in total. The smallest absolute Gasteiger partial charge is 0.261 e. The molecule has 0 aromatic heterocycles. The lowest BCUT2D eigenvalue weighted by Crippen LogP contribution is -2.40. The number of fused-ring (bicyclic) bond motifs is 1. The number of carbonyl (C=O) groups is 3. The van der Waals surface area contributed by atoms with Crippen LogP contribution in [0.1, 0.15) is 63.2 Å². The molecule has 0 spiro atoms. The number of rotatable bonds is 5. The molecule has 1 fully saturated rings. The Kier molecular flexibility index (Phi) is 5.87. The van der Waals surface area contributed by atoms with Gasteiger partial charge in [0.25, 0.3) is 17.7 Å². The highest BCUT2D eigenvalue weighted by Gasteiger charge is 2.40. The van der Waals surface area contributed by atoms with Crippen LogP contribution in [0.4, 0.5) is 5.69 Å². The number of imide groups is 1. The second-order valence-electron chi connectivity index (χ2n) is 8.27. The highest BCUT2D eigenvalue weighted by atomic mass is 32.2. The van der Waals surface area contributed by atoms with Crippen molar-refractivity contribution in [3.8, 4) is 0 Å². The molecule has 168 valence electrons. The van der Waals surface area contributed by atoms with Crippen molar-refractivity contribution in [1.29, 1.82) is 0 Å². The van der Waals surface area contributed by atoms with Crippen molar-refractivity contribution in [2.75, 3.05) is 19.4 Å². The van der Waals surface area contributed by atoms with Crippen LogP contribution in [0.5, 0.6) is 0 Å². The maximum absolute atomic E-state index is 13.0. The summed E-state index contributed by atoms with van der Waals surface area (Å²) in [6.45, 7) is 0. The third kappa shape index (κ3) is 3.82. The van der Waals surface area contributed by atoms with Gasteiger partial charge in [0, 0.05) is 25.7 Å². The molecule has 0 radical (unpaired) electrons. The van der Waals surface area contributed by atoms with Gasteiger partial charge in [-0.05, 0) is 43.2 Å². The van der Waals surface area contributed by atoms with Crippen LogP contribution >= 0.6 is 0 Å². The average molecular weight is 456 g/mol. The fraction of sp³-hybridized carbons (Fsp3) is 0.348. The number of amides is 3. The first-order valence-electron chi connectivity index (χ1n) is 10.6. The summed E-state index contributed by atoms with van der Waals surface area (Å²) in [4.78, 5) is 40.0. The van der Waals surface area contributed by atoms with E-state index in [4.69, 9.17) is 0 Å². The fourth-order valence-corrected chi connectivity index (χ4v) is 5.30. The molecule has 2 aliphatic rings. The number of sulfonamides is 1. The number of nitrogens with one attached hydrogen (secondary N) is 1. The van der Waals surface area contributed by atoms with E-state index in [0.29, 0.717) is 5.56 Å². The Balaban J connectivity index is 1.61. The molecule has 4 rings (SSSR count). The molecule has 3 amide bonds. The number of hydrogen-bond acceptors (Lipinski definition) is 5. The fourth-order valence-electron chi connectivity index (χ4n) is 4.26. The second-order valence-corrected chi connectivity index (χ2v) is 10.4. The molecular weight excluding hydrogens is 430 g/mol. The van der Waals surface area contributed by atoms with E-state index in [-0.39, 0.29) is 39.6 Å². The van der Waals surface area contributed by atoms with Crippen molar-refractivity contribution in [2.24, 2.45) is 0 Å². The van der Waals surface area contributed by atoms with Crippen molar-refractivity contribution in [3.05, 3.63) is 59.2 Å². The molecular formula is C23H25N3O5S. The quantitative estimate of drug-likeness (QED) is 0.698. The van der Waals surface area contributed by atoms with Gasteiger partial charge in [-0.2, -0.15) is 0 Å². The van der Waals surface area contributed by atoms with E-state index in [1.165, 1.54) is 49.3 Å². The molecule has 8 nitrogen and oxygen atoms in total. The Morgan fingerprint density at radius 3 is 2.31 bits per heavy atom. The number of benzene rings is 2. The first-order valence-corrected chi connectivity index (χ1v) is 12.0. The van der Waals surface area contributed by atoms with Crippen LogP contribution in [0, 0.1) is 0 Å². The Bertz CT molecular complexity index is 1200. The van der Waals surface area contributed by atoms with Gasteiger partial charge in [0.15, 0.2) is 0 Å². The van der Waals surface area contributed by atoms with Gasteiger partial charge < -0.3 is 5.32 Å². The molecule has 1 heterocycles. The van der Waals surface area contributed by atoms with E-state index in [0.717, 1.165) is 36.4 Å². The van der Waals surface area contributed by atoms with Crippen LogP contribution in [-0.4, -0.2) is 55.5 Å². The van der Waals surface area contributed by atoms with Crippen LogP contribution in [-0.2, 0) is 10.0 Å². The minimum absolute atomic E-state index is 0.0331. The number of anilines is 1. The first-order chi connectivity index (χ1) is 15.2. The van der Waals surface area contributed by atoms with Gasteiger partial charge in [-0.3, -0.25) is 19.3 Å². The monoisotopic (exact) mass is 455 g/mol. The standard InChI is InChI=1S/C23H25N3O5S/c1-25(2)32(30,31)20-11-7-6-10-19(20)24-21(27)15-12-13-17-18(14-15)23(29)26(22(17)28)16-8-4-3-5-9-16/h6-7,10-14,16H,3-5,8-9H2,1-2H3,(H,24,27). The van der Waals surface area contributed by atoms with Gasteiger partial charge in [0.05, 0.1) is 16.8 Å². The second kappa shape index (κ2) is 8.48. The minimum Gasteiger partial charge on any atom is -0.321 e. The molecule has 2 aromatic carbocycles.